The highest BCUT2D eigenvalue weighted by Gasteiger charge is 2.16. The lowest BCUT2D eigenvalue weighted by Gasteiger charge is -2.06. The second-order valence-electron chi connectivity index (χ2n) is 2.32. The minimum Gasteiger partial charge on any atom is -0.391 e. The molecule has 0 fully saturated rings. The van der Waals surface area contributed by atoms with Crippen molar-refractivity contribution in [1.29, 1.82) is 0 Å². The van der Waals surface area contributed by atoms with Crippen molar-refractivity contribution in [2.75, 3.05) is 0 Å². The maximum atomic E-state index is 10.6. The largest absolute Gasteiger partial charge is 0.391 e. The standard InChI is InChI=1S/C6H12N2O3/c1-3(7)5(9)11-6(10)4(2)8/h3-4H,7-8H2,1-2H3/t3-,4?/m0/s1. The fourth-order valence-corrected chi connectivity index (χ4v) is 0.285. The number of carbonyl (C=O) groups is 2. The summed E-state index contributed by atoms with van der Waals surface area (Å²) in [5, 5.41) is 0. The molecule has 0 aromatic heterocycles. The zero-order valence-corrected chi connectivity index (χ0v) is 6.53. The minimum absolute atomic E-state index is 0.757. The number of nitrogens with two attached hydrogens (primary N) is 2. The Morgan fingerprint density at radius 2 is 1.36 bits per heavy atom. The molecule has 5 heteroatoms. The van der Waals surface area contributed by atoms with E-state index in [1.54, 1.807) is 0 Å². The molecule has 0 rings (SSSR count). The highest BCUT2D eigenvalue weighted by molar-refractivity contribution is 5.90. The Bertz CT molecular complexity index is 147. The van der Waals surface area contributed by atoms with Crippen molar-refractivity contribution in [3.05, 3.63) is 0 Å². The average molecular weight is 160 g/mol. The van der Waals surface area contributed by atoms with Gasteiger partial charge in [-0.05, 0) is 13.8 Å². The third kappa shape index (κ3) is 3.69. The molecule has 2 atom stereocenters. The molecule has 0 spiro atoms. The van der Waals surface area contributed by atoms with E-state index >= 15 is 0 Å². The van der Waals surface area contributed by atoms with Crippen LogP contribution < -0.4 is 11.5 Å². The number of ether oxygens (including phenoxy) is 1. The maximum Gasteiger partial charge on any atom is 0.330 e. The molecular formula is C6H12N2O3. The summed E-state index contributed by atoms with van der Waals surface area (Å²) < 4.78 is 4.25. The van der Waals surface area contributed by atoms with Crippen LogP contribution in [0.1, 0.15) is 13.8 Å². The van der Waals surface area contributed by atoms with E-state index in [1.807, 2.05) is 0 Å². The van der Waals surface area contributed by atoms with Crippen LogP contribution in [-0.4, -0.2) is 24.0 Å². The van der Waals surface area contributed by atoms with Crippen molar-refractivity contribution >= 4 is 11.9 Å². The van der Waals surface area contributed by atoms with Crippen LogP contribution in [0.15, 0.2) is 0 Å². The number of carbonyl (C=O) groups excluding carboxylic acids is 2. The molecule has 0 aromatic rings. The van der Waals surface area contributed by atoms with Gasteiger partial charge in [-0.3, -0.25) is 0 Å². The van der Waals surface area contributed by atoms with E-state index in [0.717, 1.165) is 0 Å². The van der Waals surface area contributed by atoms with Crippen molar-refractivity contribution in [1.82, 2.24) is 0 Å². The van der Waals surface area contributed by atoms with E-state index in [2.05, 4.69) is 4.74 Å². The third-order valence-electron chi connectivity index (χ3n) is 0.945. The van der Waals surface area contributed by atoms with Crippen LogP contribution >= 0.6 is 0 Å². The normalized spacial score (nSPS) is 15.3. The number of rotatable bonds is 2. The summed E-state index contributed by atoms with van der Waals surface area (Å²) >= 11 is 0. The zero-order chi connectivity index (χ0) is 9.02. The Kier molecular flexibility index (Phi) is 3.70. The molecule has 0 amide bonds. The van der Waals surface area contributed by atoms with Crippen molar-refractivity contribution in [2.45, 2.75) is 25.9 Å². The van der Waals surface area contributed by atoms with Crippen LogP contribution in [0.5, 0.6) is 0 Å². The molecule has 0 bridgehead atoms. The Morgan fingerprint density at radius 3 is 1.55 bits per heavy atom. The quantitative estimate of drug-likeness (QED) is 0.388. The molecule has 0 saturated heterocycles. The molecule has 4 N–H and O–H groups in total. The average Bonchev–Trinajstić information content (AvgIpc) is 1.87. The first kappa shape index (κ1) is 10.1. The van der Waals surface area contributed by atoms with E-state index < -0.39 is 24.0 Å². The van der Waals surface area contributed by atoms with Crippen LogP contribution in [0.2, 0.25) is 0 Å². The lowest BCUT2D eigenvalue weighted by Crippen LogP contribution is -2.36. The van der Waals surface area contributed by atoms with Crippen molar-refractivity contribution in [3.63, 3.8) is 0 Å². The molecule has 0 aliphatic rings. The summed E-state index contributed by atoms with van der Waals surface area (Å²) in [4.78, 5) is 21.3. The molecule has 5 nitrogen and oxygen atoms in total. The van der Waals surface area contributed by atoms with Gasteiger partial charge in [-0.2, -0.15) is 0 Å². The van der Waals surface area contributed by atoms with Crippen LogP contribution in [0.4, 0.5) is 0 Å². The summed E-state index contributed by atoms with van der Waals surface area (Å²) in [6.45, 7) is 2.85. The third-order valence-corrected chi connectivity index (χ3v) is 0.945. The first-order valence-corrected chi connectivity index (χ1v) is 3.22. The van der Waals surface area contributed by atoms with Gasteiger partial charge in [-0.1, -0.05) is 0 Å². The van der Waals surface area contributed by atoms with Gasteiger partial charge < -0.3 is 16.2 Å². The van der Waals surface area contributed by atoms with Crippen molar-refractivity contribution in [3.8, 4) is 0 Å². The molecule has 0 heterocycles. The molecule has 1 unspecified atom stereocenters. The number of hydrogen-bond acceptors (Lipinski definition) is 5. The van der Waals surface area contributed by atoms with Gasteiger partial charge in [0.15, 0.2) is 0 Å². The highest BCUT2D eigenvalue weighted by atomic mass is 16.6. The number of esters is 2. The fraction of sp³-hybridized carbons (Fsp3) is 0.667. The van der Waals surface area contributed by atoms with E-state index in [9.17, 15) is 9.59 Å². The van der Waals surface area contributed by atoms with Crippen LogP contribution in [-0.2, 0) is 14.3 Å². The van der Waals surface area contributed by atoms with E-state index in [4.69, 9.17) is 11.5 Å². The molecule has 0 aromatic carbocycles. The molecule has 64 valence electrons. The van der Waals surface area contributed by atoms with Crippen molar-refractivity contribution < 1.29 is 14.3 Å². The van der Waals surface area contributed by atoms with E-state index in [-0.39, 0.29) is 0 Å². The van der Waals surface area contributed by atoms with Gasteiger partial charge >= 0.3 is 11.9 Å². The van der Waals surface area contributed by atoms with Gasteiger partial charge in [-0.25, -0.2) is 9.59 Å². The lowest BCUT2D eigenvalue weighted by molar-refractivity contribution is -0.161. The van der Waals surface area contributed by atoms with E-state index in [1.165, 1.54) is 13.8 Å². The Morgan fingerprint density at radius 1 is 1.09 bits per heavy atom. The summed E-state index contributed by atoms with van der Waals surface area (Å²) in [5.41, 5.74) is 10.2. The predicted octanol–water partition coefficient (Wildman–Crippen LogP) is -1.25. The predicted molar refractivity (Wildman–Crippen MR) is 38.4 cm³/mol. The minimum atomic E-state index is -0.794. The van der Waals surface area contributed by atoms with Gasteiger partial charge in [0, 0.05) is 0 Å². The van der Waals surface area contributed by atoms with Gasteiger partial charge in [-0.15, -0.1) is 0 Å². The summed E-state index contributed by atoms with van der Waals surface area (Å²) in [7, 11) is 0. The van der Waals surface area contributed by atoms with E-state index in [0.29, 0.717) is 0 Å². The van der Waals surface area contributed by atoms with Crippen LogP contribution in [0.3, 0.4) is 0 Å². The summed E-state index contributed by atoms with van der Waals surface area (Å²) in [5.74, 6) is -1.51. The Labute approximate surface area is 64.7 Å². The SMILES string of the molecule is CC(N)C(=O)OC(=O)[C@H](C)N. The fourth-order valence-electron chi connectivity index (χ4n) is 0.285. The van der Waals surface area contributed by atoms with Crippen molar-refractivity contribution in [2.24, 2.45) is 11.5 Å². The van der Waals surface area contributed by atoms with Gasteiger partial charge in [0.25, 0.3) is 0 Å². The first-order chi connectivity index (χ1) is 4.95. The van der Waals surface area contributed by atoms with Crippen LogP contribution in [0, 0.1) is 0 Å². The summed E-state index contributed by atoms with van der Waals surface area (Å²) in [6.07, 6.45) is 0. The lowest BCUT2D eigenvalue weighted by atomic mass is 10.3. The molecule has 0 aliphatic carbocycles. The second kappa shape index (κ2) is 4.05. The van der Waals surface area contributed by atoms with Gasteiger partial charge in [0.2, 0.25) is 0 Å². The Hall–Kier alpha value is -0.940. The monoisotopic (exact) mass is 160 g/mol. The molecule has 0 aliphatic heterocycles. The molecular weight excluding hydrogens is 148 g/mol. The zero-order valence-electron chi connectivity index (χ0n) is 6.53. The Balaban J connectivity index is 3.86. The molecule has 0 saturated carbocycles. The van der Waals surface area contributed by atoms with Gasteiger partial charge in [0.1, 0.15) is 12.1 Å². The number of hydrogen-bond donors (Lipinski definition) is 2. The first-order valence-electron chi connectivity index (χ1n) is 3.22. The smallest absolute Gasteiger partial charge is 0.330 e. The molecule has 0 radical (unpaired) electrons. The van der Waals surface area contributed by atoms with Gasteiger partial charge in [0.05, 0.1) is 0 Å². The topological polar surface area (TPSA) is 95.4 Å². The second-order valence-corrected chi connectivity index (χ2v) is 2.32. The highest BCUT2D eigenvalue weighted by Crippen LogP contribution is 1.88. The summed E-state index contributed by atoms with van der Waals surface area (Å²) in [6, 6.07) is -1.59. The molecule has 11 heavy (non-hydrogen) atoms. The maximum absolute atomic E-state index is 10.6. The van der Waals surface area contributed by atoms with Crippen LogP contribution in [0.25, 0.3) is 0 Å².